The van der Waals surface area contributed by atoms with Crippen molar-refractivity contribution in [3.05, 3.63) is 27.4 Å². The van der Waals surface area contributed by atoms with E-state index in [1.165, 1.54) is 25.0 Å². The van der Waals surface area contributed by atoms with Gasteiger partial charge in [0.05, 0.1) is 10.7 Å². The van der Waals surface area contributed by atoms with Gasteiger partial charge in [-0.25, -0.2) is 4.39 Å². The van der Waals surface area contributed by atoms with Crippen molar-refractivity contribution in [1.29, 1.82) is 0 Å². The molecule has 0 aliphatic heterocycles. The maximum absolute atomic E-state index is 13.0. The van der Waals surface area contributed by atoms with Gasteiger partial charge in [-0.1, -0.05) is 11.6 Å². The van der Waals surface area contributed by atoms with Crippen LogP contribution in [0.1, 0.15) is 19.3 Å². The minimum absolute atomic E-state index is 0.141. The predicted octanol–water partition coefficient (Wildman–Crippen LogP) is 3.32. The maximum atomic E-state index is 13.0. The Kier molecular flexibility index (Phi) is 4.59. The van der Waals surface area contributed by atoms with Gasteiger partial charge in [-0.15, -0.1) is 0 Å². The number of benzene rings is 1. The fourth-order valence-corrected chi connectivity index (χ4v) is 2.44. The third kappa shape index (κ3) is 3.93. The van der Waals surface area contributed by atoms with E-state index in [9.17, 15) is 9.18 Å². The molecule has 0 unspecified atom stereocenters. The monoisotopic (exact) mass is 334 g/mol. The zero-order valence-electron chi connectivity index (χ0n) is 9.60. The van der Waals surface area contributed by atoms with E-state index in [-0.39, 0.29) is 10.9 Å². The highest BCUT2D eigenvalue weighted by Crippen LogP contribution is 2.31. The molecule has 0 spiro atoms. The Hall–Kier alpha value is -0.650. The molecule has 1 fully saturated rings. The Bertz CT molecular complexity index is 442. The predicted molar refractivity (Wildman–Crippen MR) is 73.4 cm³/mol. The van der Waals surface area contributed by atoms with Crippen LogP contribution in [0.25, 0.3) is 0 Å². The molecule has 98 valence electrons. The van der Waals surface area contributed by atoms with Crippen molar-refractivity contribution < 1.29 is 9.18 Å². The van der Waals surface area contributed by atoms with Crippen LogP contribution in [0.3, 0.4) is 0 Å². The van der Waals surface area contributed by atoms with Crippen molar-refractivity contribution in [2.24, 2.45) is 0 Å². The zero-order valence-corrected chi connectivity index (χ0v) is 11.9. The Balaban J connectivity index is 1.89. The van der Waals surface area contributed by atoms with E-state index in [2.05, 4.69) is 26.6 Å². The first kappa shape index (κ1) is 13.8. The number of nitrogens with one attached hydrogen (secondary N) is 2. The van der Waals surface area contributed by atoms with Gasteiger partial charge in [0.1, 0.15) is 5.82 Å². The molecule has 6 heteroatoms. The summed E-state index contributed by atoms with van der Waals surface area (Å²) in [6.45, 7) is 0.646. The van der Waals surface area contributed by atoms with Crippen LogP contribution in [-0.2, 0) is 4.79 Å². The summed E-state index contributed by atoms with van der Waals surface area (Å²) in [6, 6.07) is 3.02. The van der Waals surface area contributed by atoms with E-state index in [0.29, 0.717) is 29.2 Å². The molecule has 3 nitrogen and oxygen atoms in total. The first-order chi connectivity index (χ1) is 8.56. The summed E-state index contributed by atoms with van der Waals surface area (Å²) in [4.78, 5) is 11.7. The first-order valence-corrected chi connectivity index (χ1v) is 6.91. The second-order valence-electron chi connectivity index (χ2n) is 4.27. The van der Waals surface area contributed by atoms with Gasteiger partial charge in [-0.05, 0) is 40.9 Å². The summed E-state index contributed by atoms with van der Waals surface area (Å²) in [5.41, 5.74) is 0.412. The smallest absolute Gasteiger partial charge is 0.225 e. The van der Waals surface area contributed by atoms with E-state index in [1.54, 1.807) is 0 Å². The third-order valence-corrected chi connectivity index (χ3v) is 3.56. The second-order valence-corrected chi connectivity index (χ2v) is 5.53. The van der Waals surface area contributed by atoms with Crippen molar-refractivity contribution in [1.82, 2.24) is 5.32 Å². The molecular weight excluding hydrogens is 322 g/mol. The normalized spacial score (nSPS) is 14.6. The average Bonchev–Trinajstić information content (AvgIpc) is 3.07. The minimum atomic E-state index is -0.444. The summed E-state index contributed by atoms with van der Waals surface area (Å²) in [5, 5.41) is 6.11. The highest BCUT2D eigenvalue weighted by atomic mass is 79.9. The lowest BCUT2D eigenvalue weighted by atomic mass is 10.3. The Labute approximate surface area is 118 Å². The number of carbonyl (C=O) groups is 1. The SMILES string of the molecule is O=C(CCNC1CC1)Nc1c(Cl)cc(F)cc1Br. The lowest BCUT2D eigenvalue weighted by molar-refractivity contribution is -0.116. The average molecular weight is 336 g/mol. The molecular formula is C12H13BrClFN2O. The molecule has 0 aromatic heterocycles. The highest BCUT2D eigenvalue weighted by molar-refractivity contribution is 9.10. The standard InChI is InChI=1S/C12H13BrClFN2O/c13-9-5-7(15)6-10(14)12(9)17-11(18)3-4-16-8-1-2-8/h5-6,8,16H,1-4H2,(H,17,18). The third-order valence-electron chi connectivity index (χ3n) is 2.63. The van der Waals surface area contributed by atoms with Gasteiger partial charge in [0.2, 0.25) is 5.91 Å². The molecule has 0 atom stereocenters. The molecule has 1 aromatic carbocycles. The summed E-state index contributed by atoms with van der Waals surface area (Å²) in [6.07, 6.45) is 2.75. The number of hydrogen-bond acceptors (Lipinski definition) is 2. The van der Waals surface area contributed by atoms with E-state index in [1.807, 2.05) is 0 Å². The Morgan fingerprint density at radius 1 is 1.50 bits per heavy atom. The molecule has 1 amide bonds. The lowest BCUT2D eigenvalue weighted by Crippen LogP contribution is -2.23. The van der Waals surface area contributed by atoms with Crippen LogP contribution >= 0.6 is 27.5 Å². The van der Waals surface area contributed by atoms with Crippen LogP contribution in [0, 0.1) is 5.82 Å². The summed E-state index contributed by atoms with van der Waals surface area (Å²) < 4.78 is 13.4. The number of amides is 1. The molecule has 0 radical (unpaired) electrons. The molecule has 0 heterocycles. The molecule has 18 heavy (non-hydrogen) atoms. The fraction of sp³-hybridized carbons (Fsp3) is 0.417. The zero-order chi connectivity index (χ0) is 13.1. The fourth-order valence-electron chi connectivity index (χ4n) is 1.54. The summed E-state index contributed by atoms with van der Waals surface area (Å²) >= 11 is 9.05. The van der Waals surface area contributed by atoms with E-state index >= 15 is 0 Å². The van der Waals surface area contributed by atoms with Crippen molar-refractivity contribution in [3.8, 4) is 0 Å². The van der Waals surface area contributed by atoms with Crippen molar-refractivity contribution >= 4 is 39.1 Å². The van der Waals surface area contributed by atoms with Gasteiger partial charge in [0, 0.05) is 23.5 Å². The van der Waals surface area contributed by atoms with Crippen LogP contribution in [-0.4, -0.2) is 18.5 Å². The molecule has 0 saturated heterocycles. The van der Waals surface area contributed by atoms with Gasteiger partial charge in [0.15, 0.2) is 0 Å². The molecule has 0 bridgehead atoms. The number of hydrogen-bond donors (Lipinski definition) is 2. The second kappa shape index (κ2) is 5.99. The number of carbonyl (C=O) groups excluding carboxylic acids is 1. The van der Waals surface area contributed by atoms with Crippen LogP contribution in [0.2, 0.25) is 5.02 Å². The van der Waals surface area contributed by atoms with Gasteiger partial charge in [-0.3, -0.25) is 4.79 Å². The van der Waals surface area contributed by atoms with Gasteiger partial charge < -0.3 is 10.6 Å². The molecule has 2 N–H and O–H groups in total. The number of anilines is 1. The van der Waals surface area contributed by atoms with Gasteiger partial charge in [0.25, 0.3) is 0 Å². The summed E-state index contributed by atoms with van der Waals surface area (Å²) in [7, 11) is 0. The van der Waals surface area contributed by atoms with Crippen molar-refractivity contribution in [2.75, 3.05) is 11.9 Å². The van der Waals surface area contributed by atoms with Crippen molar-refractivity contribution in [2.45, 2.75) is 25.3 Å². The minimum Gasteiger partial charge on any atom is -0.324 e. The summed E-state index contributed by atoms with van der Waals surface area (Å²) in [5.74, 6) is -0.586. The Morgan fingerprint density at radius 2 is 2.22 bits per heavy atom. The lowest BCUT2D eigenvalue weighted by Gasteiger charge is -2.10. The van der Waals surface area contributed by atoms with Crippen LogP contribution in [0.4, 0.5) is 10.1 Å². The highest BCUT2D eigenvalue weighted by Gasteiger charge is 2.20. The number of halogens is 3. The first-order valence-electron chi connectivity index (χ1n) is 5.74. The van der Waals surface area contributed by atoms with Crippen molar-refractivity contribution in [3.63, 3.8) is 0 Å². The molecule has 1 aromatic rings. The van der Waals surface area contributed by atoms with Crippen LogP contribution in [0.15, 0.2) is 16.6 Å². The van der Waals surface area contributed by atoms with E-state index in [4.69, 9.17) is 11.6 Å². The quantitative estimate of drug-likeness (QED) is 0.866. The Morgan fingerprint density at radius 3 is 2.83 bits per heavy atom. The largest absolute Gasteiger partial charge is 0.324 e. The van der Waals surface area contributed by atoms with Gasteiger partial charge >= 0.3 is 0 Å². The van der Waals surface area contributed by atoms with Gasteiger partial charge in [-0.2, -0.15) is 0 Å². The van der Waals surface area contributed by atoms with Crippen LogP contribution in [0.5, 0.6) is 0 Å². The van der Waals surface area contributed by atoms with E-state index in [0.717, 1.165) is 0 Å². The maximum Gasteiger partial charge on any atom is 0.225 e. The van der Waals surface area contributed by atoms with Crippen LogP contribution < -0.4 is 10.6 Å². The molecule has 2 rings (SSSR count). The molecule has 1 aliphatic carbocycles. The molecule has 1 aliphatic rings. The molecule has 1 saturated carbocycles. The van der Waals surface area contributed by atoms with E-state index < -0.39 is 5.82 Å². The number of rotatable bonds is 5. The topological polar surface area (TPSA) is 41.1 Å².